The lowest BCUT2D eigenvalue weighted by Crippen LogP contribution is -2.09. The van der Waals surface area contributed by atoms with Gasteiger partial charge in [0.1, 0.15) is 5.78 Å². The fraction of sp³-hybridized carbons (Fsp3) is 0.727. The highest BCUT2D eigenvalue weighted by molar-refractivity contribution is 5.79. The van der Waals surface area contributed by atoms with Gasteiger partial charge in [0, 0.05) is 12.8 Å². The molecule has 1 atom stereocenters. The van der Waals surface area contributed by atoms with Crippen molar-refractivity contribution in [2.24, 2.45) is 11.8 Å². The quantitative estimate of drug-likeness (QED) is 0.432. The number of carbonyl (C=O) groups excluding carboxylic acids is 1. The molecule has 1 aliphatic carbocycles. The molecule has 0 N–H and O–H groups in total. The first-order valence-corrected chi connectivity index (χ1v) is 4.80. The lowest BCUT2D eigenvalue weighted by atomic mass is 9.85. The van der Waals surface area contributed by atoms with Crippen LogP contribution in [0.2, 0.25) is 0 Å². The van der Waals surface area contributed by atoms with Gasteiger partial charge in [-0.05, 0) is 24.7 Å². The van der Waals surface area contributed by atoms with Crippen molar-refractivity contribution >= 4 is 5.78 Å². The topological polar surface area (TPSA) is 17.1 Å². The summed E-state index contributed by atoms with van der Waals surface area (Å²) in [6.45, 7) is 8.49. The number of hydrogen-bond acceptors (Lipinski definition) is 1. The maximum atomic E-state index is 11.2. The number of allylic oxidation sites excluding steroid dienone is 1. The number of ketones is 1. The Bertz CT molecular complexity index is 191. The van der Waals surface area contributed by atoms with Crippen LogP contribution in [0.4, 0.5) is 0 Å². The maximum Gasteiger partial charge on any atom is 0.133 e. The van der Waals surface area contributed by atoms with Gasteiger partial charge in [-0.3, -0.25) is 4.79 Å². The molecule has 0 unspecified atom stereocenters. The van der Waals surface area contributed by atoms with Gasteiger partial charge in [-0.2, -0.15) is 0 Å². The van der Waals surface area contributed by atoms with Crippen molar-refractivity contribution in [2.75, 3.05) is 0 Å². The summed E-state index contributed by atoms with van der Waals surface area (Å²) in [4.78, 5) is 11.2. The van der Waals surface area contributed by atoms with Gasteiger partial charge >= 0.3 is 0 Å². The summed E-state index contributed by atoms with van der Waals surface area (Å²) in [5.41, 5.74) is 1.29. The van der Waals surface area contributed by atoms with E-state index in [1.54, 1.807) is 0 Å². The Labute approximate surface area is 74.9 Å². The highest BCUT2D eigenvalue weighted by Gasteiger charge is 2.21. The summed E-state index contributed by atoms with van der Waals surface area (Å²) in [6.07, 6.45) is 3.43. The Balaban J connectivity index is 2.62. The summed E-state index contributed by atoms with van der Waals surface area (Å²) in [6, 6.07) is 0. The third-order valence-electron chi connectivity index (χ3n) is 2.79. The number of Topliss-reactive ketones (excluding diaryl/α,β-unsaturated/α-hetero) is 1. The molecule has 0 aromatic heterocycles. The molecule has 0 radical (unpaired) electrons. The number of hydrogen-bond donors (Lipinski definition) is 0. The molecule has 68 valence electrons. The average molecular weight is 166 g/mol. The summed E-state index contributed by atoms with van der Waals surface area (Å²) in [7, 11) is 0. The van der Waals surface area contributed by atoms with Gasteiger partial charge in [-0.15, -0.1) is 0 Å². The van der Waals surface area contributed by atoms with Crippen LogP contribution in [-0.4, -0.2) is 5.78 Å². The highest BCUT2D eigenvalue weighted by Crippen LogP contribution is 2.30. The largest absolute Gasteiger partial charge is 0.300 e. The van der Waals surface area contributed by atoms with Gasteiger partial charge in [0.25, 0.3) is 0 Å². The molecule has 0 bridgehead atoms. The molecule has 0 aliphatic heterocycles. The van der Waals surface area contributed by atoms with E-state index < -0.39 is 0 Å². The van der Waals surface area contributed by atoms with Crippen molar-refractivity contribution in [2.45, 2.75) is 39.5 Å². The Morgan fingerprint density at radius 1 is 1.33 bits per heavy atom. The molecule has 1 aliphatic rings. The second-order valence-electron chi connectivity index (χ2n) is 4.09. The number of carbonyl (C=O) groups is 1. The van der Waals surface area contributed by atoms with Gasteiger partial charge < -0.3 is 0 Å². The van der Waals surface area contributed by atoms with E-state index in [2.05, 4.69) is 20.4 Å². The van der Waals surface area contributed by atoms with Crippen LogP contribution in [-0.2, 0) is 4.79 Å². The molecule has 0 saturated heterocycles. The van der Waals surface area contributed by atoms with Gasteiger partial charge in [0.15, 0.2) is 0 Å². The monoisotopic (exact) mass is 166 g/mol. The predicted octanol–water partition coefficient (Wildman–Crippen LogP) is 2.96. The molecule has 0 aromatic carbocycles. The third-order valence-corrected chi connectivity index (χ3v) is 2.79. The molecule has 0 spiro atoms. The molecule has 1 saturated carbocycles. The Kier molecular flexibility index (Phi) is 3.07. The first kappa shape index (κ1) is 9.50. The Morgan fingerprint density at radius 2 is 2.00 bits per heavy atom. The Hall–Kier alpha value is -0.590. The van der Waals surface area contributed by atoms with Crippen LogP contribution in [0.15, 0.2) is 12.2 Å². The van der Waals surface area contributed by atoms with E-state index in [-0.39, 0.29) is 0 Å². The molecular formula is C11H18O. The van der Waals surface area contributed by atoms with Crippen LogP contribution in [0.5, 0.6) is 0 Å². The molecule has 1 rings (SSSR count). The normalized spacial score (nSPS) is 26.1. The van der Waals surface area contributed by atoms with E-state index in [0.29, 0.717) is 17.6 Å². The minimum Gasteiger partial charge on any atom is -0.300 e. The molecule has 1 nitrogen and oxygen atoms in total. The smallest absolute Gasteiger partial charge is 0.133 e. The third kappa shape index (κ3) is 2.20. The van der Waals surface area contributed by atoms with Crippen LogP contribution in [0, 0.1) is 11.8 Å². The minimum atomic E-state index is 0.416. The van der Waals surface area contributed by atoms with Crippen LogP contribution in [0.1, 0.15) is 39.5 Å². The van der Waals surface area contributed by atoms with E-state index in [9.17, 15) is 4.79 Å². The molecule has 1 fully saturated rings. The van der Waals surface area contributed by atoms with E-state index in [1.165, 1.54) is 5.57 Å². The van der Waals surface area contributed by atoms with Crippen LogP contribution in [0.25, 0.3) is 0 Å². The van der Waals surface area contributed by atoms with Gasteiger partial charge in [-0.1, -0.05) is 26.0 Å². The molecular weight excluding hydrogens is 148 g/mol. The van der Waals surface area contributed by atoms with Gasteiger partial charge in [0.2, 0.25) is 0 Å². The van der Waals surface area contributed by atoms with Crippen molar-refractivity contribution in [1.82, 2.24) is 0 Å². The summed E-state index contributed by atoms with van der Waals surface area (Å²) in [5.74, 6) is 1.64. The molecule has 1 heteroatoms. The zero-order chi connectivity index (χ0) is 9.14. The van der Waals surface area contributed by atoms with Crippen molar-refractivity contribution in [3.63, 3.8) is 0 Å². The SMILES string of the molecule is C=C1CCC(=O)CC[C@H]1C(C)C. The summed E-state index contributed by atoms with van der Waals surface area (Å²) >= 11 is 0. The predicted molar refractivity (Wildman–Crippen MR) is 50.9 cm³/mol. The van der Waals surface area contributed by atoms with Crippen molar-refractivity contribution in [1.29, 1.82) is 0 Å². The van der Waals surface area contributed by atoms with E-state index in [1.807, 2.05) is 0 Å². The average Bonchev–Trinajstić information content (AvgIpc) is 2.14. The summed E-state index contributed by atoms with van der Waals surface area (Å²) in [5, 5.41) is 0. The lowest BCUT2D eigenvalue weighted by Gasteiger charge is -2.20. The van der Waals surface area contributed by atoms with Crippen LogP contribution >= 0.6 is 0 Å². The maximum absolute atomic E-state index is 11.2. The fourth-order valence-electron chi connectivity index (χ4n) is 1.94. The fourth-order valence-corrected chi connectivity index (χ4v) is 1.94. The van der Waals surface area contributed by atoms with Crippen LogP contribution < -0.4 is 0 Å². The van der Waals surface area contributed by atoms with E-state index in [0.717, 1.165) is 25.7 Å². The van der Waals surface area contributed by atoms with E-state index in [4.69, 9.17) is 0 Å². The van der Waals surface area contributed by atoms with Crippen LogP contribution in [0.3, 0.4) is 0 Å². The molecule has 0 amide bonds. The number of rotatable bonds is 1. The first-order valence-electron chi connectivity index (χ1n) is 4.80. The van der Waals surface area contributed by atoms with Gasteiger partial charge in [0.05, 0.1) is 0 Å². The minimum absolute atomic E-state index is 0.416. The first-order chi connectivity index (χ1) is 5.61. The lowest BCUT2D eigenvalue weighted by molar-refractivity contribution is -0.118. The zero-order valence-corrected chi connectivity index (χ0v) is 8.10. The molecule has 0 aromatic rings. The van der Waals surface area contributed by atoms with Gasteiger partial charge in [-0.25, -0.2) is 0 Å². The zero-order valence-electron chi connectivity index (χ0n) is 8.10. The van der Waals surface area contributed by atoms with Crippen molar-refractivity contribution < 1.29 is 4.79 Å². The van der Waals surface area contributed by atoms with Crippen molar-refractivity contribution in [3.05, 3.63) is 12.2 Å². The molecule has 12 heavy (non-hydrogen) atoms. The second-order valence-corrected chi connectivity index (χ2v) is 4.09. The van der Waals surface area contributed by atoms with Crippen molar-refractivity contribution in [3.8, 4) is 0 Å². The standard InChI is InChI=1S/C11H18O/c1-8(2)11-7-6-10(12)5-4-9(11)3/h8,11H,3-7H2,1-2H3/t11-/m0/s1. The Morgan fingerprint density at radius 3 is 2.58 bits per heavy atom. The molecule has 0 heterocycles. The second kappa shape index (κ2) is 3.88. The highest BCUT2D eigenvalue weighted by atomic mass is 16.1. The van der Waals surface area contributed by atoms with E-state index >= 15 is 0 Å². The summed E-state index contributed by atoms with van der Waals surface area (Å²) < 4.78 is 0.